The molecule has 0 fully saturated rings. The van der Waals surface area contributed by atoms with Gasteiger partial charge in [0.1, 0.15) is 0 Å². The van der Waals surface area contributed by atoms with Crippen LogP contribution < -0.4 is 6.15 Å². The number of rotatable bonds is 11. The Morgan fingerprint density at radius 2 is 1.12 bits per heavy atom. The molecule has 0 aliphatic rings. The minimum absolute atomic E-state index is 0. The van der Waals surface area contributed by atoms with E-state index in [2.05, 4.69) is 11.1 Å². The summed E-state index contributed by atoms with van der Waals surface area (Å²) in [6.45, 7) is 2.19. The van der Waals surface area contributed by atoms with Gasteiger partial charge in [-0.3, -0.25) is 18.5 Å². The number of unbranched alkanes of at least 4 members (excludes halogenated alkanes) is 8. The Kier molecular flexibility index (Phi) is 18.4. The molecule has 0 radical (unpaired) electrons. The van der Waals surface area contributed by atoms with Gasteiger partial charge in [-0.15, -0.1) is 0 Å². The molecule has 0 aromatic rings. The minimum atomic E-state index is -4.67. The molecule has 12 heteroatoms. The van der Waals surface area contributed by atoms with Gasteiger partial charge in [0.05, 0.1) is 0 Å². The highest BCUT2D eigenvalue weighted by atomic mass is 32.3. The van der Waals surface area contributed by atoms with Gasteiger partial charge in [0, 0.05) is 6.42 Å². The lowest BCUT2D eigenvalue weighted by molar-refractivity contribution is -0.134. The summed E-state index contributed by atoms with van der Waals surface area (Å²) >= 11 is 0. The summed E-state index contributed by atoms with van der Waals surface area (Å²) in [5, 5.41) is 0. The first-order valence-electron chi connectivity index (χ1n) is 7.35. The molecular formula is C12H29NO9S2. The first-order chi connectivity index (χ1) is 10.5. The van der Waals surface area contributed by atoms with Gasteiger partial charge in [0.2, 0.25) is 0 Å². The largest absolute Gasteiger partial charge is 0.448 e. The molecule has 0 saturated carbocycles. The van der Waals surface area contributed by atoms with Crippen LogP contribution in [0.1, 0.15) is 71.1 Å². The van der Waals surface area contributed by atoms with Gasteiger partial charge in [0.25, 0.3) is 0 Å². The summed E-state index contributed by atoms with van der Waals surface area (Å²) in [4.78, 5) is 10.9. The fraction of sp³-hybridized carbons (Fsp3) is 0.917. The molecule has 0 saturated heterocycles. The van der Waals surface area contributed by atoms with Gasteiger partial charge in [-0.2, -0.15) is 16.8 Å². The molecule has 0 bridgehead atoms. The zero-order valence-corrected chi connectivity index (χ0v) is 15.5. The third-order valence-corrected chi connectivity index (χ3v) is 3.08. The second kappa shape index (κ2) is 15.7. The maximum absolute atomic E-state index is 10.9. The van der Waals surface area contributed by atoms with Crippen LogP contribution in [0.15, 0.2) is 0 Å². The van der Waals surface area contributed by atoms with Gasteiger partial charge in [0.15, 0.2) is 0 Å². The van der Waals surface area contributed by atoms with Crippen molar-refractivity contribution in [2.45, 2.75) is 71.1 Å². The molecule has 148 valence electrons. The average Bonchev–Trinajstić information content (AvgIpc) is 2.32. The first-order valence-corrected chi connectivity index (χ1v) is 10.1. The van der Waals surface area contributed by atoms with Crippen LogP contribution in [-0.2, 0) is 29.8 Å². The SMILES string of the molecule is CCCCCCCCCCCC(=O)OS(=O)(=O)O.N.O=S(=O)(O)O. The van der Waals surface area contributed by atoms with E-state index < -0.39 is 26.8 Å². The maximum atomic E-state index is 10.9. The molecule has 0 aliphatic heterocycles. The monoisotopic (exact) mass is 395 g/mol. The molecule has 6 N–H and O–H groups in total. The summed E-state index contributed by atoms with van der Waals surface area (Å²) in [6, 6.07) is 0. The van der Waals surface area contributed by atoms with E-state index in [1.165, 1.54) is 32.1 Å². The van der Waals surface area contributed by atoms with Crippen molar-refractivity contribution in [3.8, 4) is 0 Å². The van der Waals surface area contributed by atoms with Crippen LogP contribution >= 0.6 is 0 Å². The number of hydrogen-bond donors (Lipinski definition) is 4. The molecule has 10 nitrogen and oxygen atoms in total. The van der Waals surface area contributed by atoms with Crippen molar-refractivity contribution in [3.05, 3.63) is 0 Å². The number of carbonyl (C=O) groups excluding carboxylic acids is 1. The Balaban J connectivity index is -0.000000639. The highest BCUT2D eigenvalue weighted by Crippen LogP contribution is 2.10. The maximum Gasteiger partial charge on any atom is 0.448 e. The van der Waals surface area contributed by atoms with Crippen LogP contribution in [-0.4, -0.2) is 36.5 Å². The van der Waals surface area contributed by atoms with Crippen molar-refractivity contribution in [2.24, 2.45) is 0 Å². The van der Waals surface area contributed by atoms with Crippen molar-refractivity contribution in [2.75, 3.05) is 0 Å². The van der Waals surface area contributed by atoms with Crippen LogP contribution in [0.2, 0.25) is 0 Å². The highest BCUT2D eigenvalue weighted by Gasteiger charge is 2.12. The molecule has 0 heterocycles. The summed E-state index contributed by atoms with van der Waals surface area (Å²) in [5.74, 6) is -0.888. The molecule has 0 spiro atoms. The minimum Gasteiger partial charge on any atom is -0.344 e. The van der Waals surface area contributed by atoms with Gasteiger partial charge < -0.3 is 10.3 Å². The van der Waals surface area contributed by atoms with Gasteiger partial charge in [-0.1, -0.05) is 58.3 Å². The normalized spacial score (nSPS) is 11.0. The first kappa shape index (κ1) is 28.0. The zero-order valence-electron chi connectivity index (χ0n) is 13.9. The second-order valence-electron chi connectivity index (χ2n) is 4.91. The van der Waals surface area contributed by atoms with Gasteiger partial charge in [-0.05, 0) is 6.42 Å². The molecule has 24 heavy (non-hydrogen) atoms. The Morgan fingerprint density at radius 3 is 1.46 bits per heavy atom. The molecule has 0 amide bonds. The molecule has 0 atom stereocenters. The molecule has 0 unspecified atom stereocenters. The van der Waals surface area contributed by atoms with Crippen LogP contribution in [0.3, 0.4) is 0 Å². The fourth-order valence-corrected chi connectivity index (χ4v) is 2.06. The Bertz CT molecular complexity index is 495. The molecule has 0 aliphatic carbocycles. The predicted octanol–water partition coefficient (Wildman–Crippen LogP) is 2.76. The summed E-state index contributed by atoms with van der Waals surface area (Å²) in [5.41, 5.74) is 0. The highest BCUT2D eigenvalue weighted by molar-refractivity contribution is 7.81. The third-order valence-electron chi connectivity index (χ3n) is 2.68. The van der Waals surface area contributed by atoms with E-state index in [1.807, 2.05) is 0 Å². The Hall–Kier alpha value is -0.790. The van der Waals surface area contributed by atoms with E-state index in [4.69, 9.17) is 22.1 Å². The summed E-state index contributed by atoms with van der Waals surface area (Å²) in [7, 11) is -9.30. The average molecular weight is 395 g/mol. The van der Waals surface area contributed by atoms with Crippen LogP contribution in [0.4, 0.5) is 0 Å². The summed E-state index contributed by atoms with van der Waals surface area (Å²) in [6.07, 6.45) is 10.0. The van der Waals surface area contributed by atoms with Crippen molar-refractivity contribution >= 4 is 26.8 Å². The quantitative estimate of drug-likeness (QED) is 0.299. The zero-order chi connectivity index (χ0) is 18.4. The van der Waals surface area contributed by atoms with E-state index in [-0.39, 0.29) is 12.6 Å². The van der Waals surface area contributed by atoms with E-state index in [9.17, 15) is 13.2 Å². The number of hydrogen-bond acceptors (Lipinski definition) is 7. The Morgan fingerprint density at radius 1 is 0.792 bits per heavy atom. The lowest BCUT2D eigenvalue weighted by Crippen LogP contribution is -2.11. The molecule has 0 aromatic heterocycles. The second-order valence-corrected chi connectivity index (χ2v) is 6.83. The van der Waals surface area contributed by atoms with Crippen molar-refractivity contribution < 1.29 is 39.5 Å². The Labute approximate surface area is 144 Å². The van der Waals surface area contributed by atoms with E-state index in [1.54, 1.807) is 0 Å². The predicted molar refractivity (Wildman–Crippen MR) is 88.7 cm³/mol. The topological polar surface area (TPSA) is 190 Å². The van der Waals surface area contributed by atoms with Gasteiger partial charge in [-0.25, -0.2) is 0 Å². The smallest absolute Gasteiger partial charge is 0.344 e. The summed E-state index contributed by atoms with van der Waals surface area (Å²) < 4.78 is 64.1. The van der Waals surface area contributed by atoms with Crippen molar-refractivity contribution in [1.29, 1.82) is 0 Å². The molecule has 0 rings (SSSR count). The molecule has 0 aromatic carbocycles. The number of carbonyl (C=O) groups is 1. The molecular weight excluding hydrogens is 366 g/mol. The van der Waals surface area contributed by atoms with E-state index in [0.29, 0.717) is 6.42 Å². The van der Waals surface area contributed by atoms with Crippen LogP contribution in [0, 0.1) is 0 Å². The third kappa shape index (κ3) is 37.4. The van der Waals surface area contributed by atoms with Gasteiger partial charge >= 0.3 is 26.8 Å². The standard InChI is InChI=1S/C12H24O5S.H3N.H2O4S/c1-2-3-4-5-6-7-8-9-10-11-12(13)17-18(14,15)16;;1-5(2,3)4/h2-11H2,1H3,(H,14,15,16);1H3;(H2,1,2,3,4). The lowest BCUT2D eigenvalue weighted by atomic mass is 10.1. The lowest BCUT2D eigenvalue weighted by Gasteiger charge is -2.02. The fourth-order valence-electron chi connectivity index (χ4n) is 1.74. The van der Waals surface area contributed by atoms with E-state index >= 15 is 0 Å². The van der Waals surface area contributed by atoms with Crippen molar-refractivity contribution in [1.82, 2.24) is 6.15 Å². The van der Waals surface area contributed by atoms with E-state index in [0.717, 1.165) is 19.3 Å². The van der Waals surface area contributed by atoms with Crippen LogP contribution in [0.25, 0.3) is 0 Å². The van der Waals surface area contributed by atoms with Crippen molar-refractivity contribution in [3.63, 3.8) is 0 Å². The van der Waals surface area contributed by atoms with Crippen LogP contribution in [0.5, 0.6) is 0 Å².